The summed E-state index contributed by atoms with van der Waals surface area (Å²) in [5, 5.41) is 11.2. The van der Waals surface area contributed by atoms with Crippen molar-refractivity contribution in [1.29, 1.82) is 0 Å². The zero-order valence-electron chi connectivity index (χ0n) is 16.6. The zero-order chi connectivity index (χ0) is 19.1. The zero-order valence-corrected chi connectivity index (χ0v) is 19.0. The van der Waals surface area contributed by atoms with Crippen LogP contribution < -0.4 is 10.6 Å². The van der Waals surface area contributed by atoms with Crippen LogP contribution in [0.2, 0.25) is 5.02 Å². The van der Waals surface area contributed by atoms with E-state index in [-0.39, 0.29) is 30.7 Å². The highest BCUT2D eigenvalue weighted by Crippen LogP contribution is 2.20. The van der Waals surface area contributed by atoms with E-state index in [1.54, 1.807) is 10.9 Å². The summed E-state index contributed by atoms with van der Waals surface area (Å²) in [4.78, 5) is 14.7. The molecule has 0 radical (unpaired) electrons. The summed E-state index contributed by atoms with van der Waals surface area (Å²) in [5.41, 5.74) is 0.974. The minimum atomic E-state index is 0. The van der Waals surface area contributed by atoms with Crippen molar-refractivity contribution in [3.63, 3.8) is 0 Å². The molecule has 0 unspecified atom stereocenters. The molecule has 1 aromatic carbocycles. The summed E-state index contributed by atoms with van der Waals surface area (Å²) in [6, 6.07) is 9.49. The Morgan fingerprint density at radius 1 is 1.21 bits per heavy atom. The summed E-state index contributed by atoms with van der Waals surface area (Å²) >= 11 is 6.23. The van der Waals surface area contributed by atoms with E-state index in [2.05, 4.69) is 20.6 Å². The van der Waals surface area contributed by atoms with Gasteiger partial charge in [0.25, 0.3) is 0 Å². The first kappa shape index (κ1) is 25.7. The molecule has 1 amide bonds. The minimum absolute atomic E-state index is 0. The smallest absolute Gasteiger partial charge is 0.239 e. The molecule has 2 heterocycles. The number of benzene rings is 1. The van der Waals surface area contributed by atoms with Crippen molar-refractivity contribution in [2.45, 2.75) is 25.8 Å². The van der Waals surface area contributed by atoms with Crippen LogP contribution in [0.25, 0.3) is 0 Å². The van der Waals surface area contributed by atoms with Gasteiger partial charge in [0, 0.05) is 11.1 Å². The Kier molecular flexibility index (Phi) is 11.6. The van der Waals surface area contributed by atoms with Gasteiger partial charge in [-0.25, -0.2) is 4.68 Å². The van der Waals surface area contributed by atoms with Crippen molar-refractivity contribution in [1.82, 2.24) is 20.0 Å². The SMILES string of the molecule is CNCCC1CCN(CC(=O)Nc2ccnn2Cc2ccccc2Cl)CC1.Cl.Cl. The summed E-state index contributed by atoms with van der Waals surface area (Å²) in [7, 11) is 2.00. The second kappa shape index (κ2) is 13.1. The number of halogens is 3. The van der Waals surface area contributed by atoms with Gasteiger partial charge in [0.2, 0.25) is 5.91 Å². The molecule has 0 atom stereocenters. The Bertz CT molecular complexity index is 747. The number of hydrogen-bond acceptors (Lipinski definition) is 4. The van der Waals surface area contributed by atoms with Crippen LogP contribution >= 0.6 is 36.4 Å². The van der Waals surface area contributed by atoms with Gasteiger partial charge in [-0.1, -0.05) is 29.8 Å². The van der Waals surface area contributed by atoms with E-state index in [1.807, 2.05) is 37.4 Å². The number of amides is 1. The number of carbonyl (C=O) groups is 1. The molecule has 1 saturated heterocycles. The van der Waals surface area contributed by atoms with Gasteiger partial charge in [-0.3, -0.25) is 9.69 Å². The predicted octanol–water partition coefficient (Wildman–Crippen LogP) is 3.69. The van der Waals surface area contributed by atoms with Crippen molar-refractivity contribution < 1.29 is 4.79 Å². The molecule has 29 heavy (non-hydrogen) atoms. The van der Waals surface area contributed by atoms with Crippen molar-refractivity contribution in [3.8, 4) is 0 Å². The molecule has 9 heteroatoms. The van der Waals surface area contributed by atoms with Crippen LogP contribution in [-0.2, 0) is 11.3 Å². The maximum atomic E-state index is 12.5. The molecule has 2 aromatic rings. The Morgan fingerprint density at radius 3 is 2.62 bits per heavy atom. The van der Waals surface area contributed by atoms with Crippen LogP contribution in [0.4, 0.5) is 5.82 Å². The Hall–Kier alpha value is -1.31. The quantitative estimate of drug-likeness (QED) is 0.628. The lowest BCUT2D eigenvalue weighted by Gasteiger charge is -2.31. The van der Waals surface area contributed by atoms with Crippen LogP contribution in [0.1, 0.15) is 24.8 Å². The molecule has 0 spiro atoms. The standard InChI is InChI=1S/C20H28ClN5O.2ClH/c1-22-10-6-16-8-12-25(13-9-16)15-20(27)24-19-7-11-23-26(19)14-17-4-2-3-5-18(17)21;;/h2-5,7,11,16,22H,6,8-10,12-15H2,1H3,(H,24,27);2*1H. The molecule has 1 aliphatic heterocycles. The first-order valence-electron chi connectivity index (χ1n) is 9.57. The highest BCUT2D eigenvalue weighted by molar-refractivity contribution is 6.31. The van der Waals surface area contributed by atoms with Crippen LogP contribution in [0.3, 0.4) is 0 Å². The second-order valence-corrected chi connectivity index (χ2v) is 7.53. The fourth-order valence-corrected chi connectivity index (χ4v) is 3.72. The number of rotatable bonds is 8. The number of aromatic nitrogens is 2. The monoisotopic (exact) mass is 461 g/mol. The van der Waals surface area contributed by atoms with E-state index in [0.717, 1.165) is 31.1 Å². The van der Waals surface area contributed by atoms with Gasteiger partial charge in [-0.05, 0) is 63.5 Å². The van der Waals surface area contributed by atoms with Gasteiger partial charge in [0.15, 0.2) is 0 Å². The van der Waals surface area contributed by atoms with E-state index < -0.39 is 0 Å². The average molecular weight is 463 g/mol. The first-order valence-corrected chi connectivity index (χ1v) is 9.95. The maximum Gasteiger partial charge on any atom is 0.239 e. The van der Waals surface area contributed by atoms with Gasteiger partial charge in [-0.2, -0.15) is 5.10 Å². The maximum absolute atomic E-state index is 12.5. The number of hydrogen-bond donors (Lipinski definition) is 2. The molecular formula is C20H30Cl3N5O. The van der Waals surface area contributed by atoms with Gasteiger partial charge < -0.3 is 10.6 Å². The van der Waals surface area contributed by atoms with Crippen molar-refractivity contribution in [2.24, 2.45) is 5.92 Å². The van der Waals surface area contributed by atoms with Crippen LogP contribution in [0, 0.1) is 5.92 Å². The number of anilines is 1. The minimum Gasteiger partial charge on any atom is -0.320 e. The highest BCUT2D eigenvalue weighted by Gasteiger charge is 2.21. The van der Waals surface area contributed by atoms with E-state index >= 15 is 0 Å². The molecule has 6 nitrogen and oxygen atoms in total. The molecule has 2 N–H and O–H groups in total. The van der Waals surface area contributed by atoms with Crippen LogP contribution in [-0.4, -0.2) is 53.8 Å². The Balaban J connectivity index is 0.00000210. The fraction of sp³-hybridized carbons (Fsp3) is 0.500. The number of piperidine rings is 1. The topological polar surface area (TPSA) is 62.2 Å². The normalized spacial score (nSPS) is 14.7. The van der Waals surface area contributed by atoms with Gasteiger partial charge in [-0.15, -0.1) is 24.8 Å². The first-order chi connectivity index (χ1) is 13.2. The Morgan fingerprint density at radius 2 is 1.93 bits per heavy atom. The lowest BCUT2D eigenvalue weighted by atomic mass is 9.93. The predicted molar refractivity (Wildman–Crippen MR) is 124 cm³/mol. The number of nitrogens with zero attached hydrogens (tertiary/aromatic N) is 3. The molecule has 0 aliphatic carbocycles. The third-order valence-electron chi connectivity index (χ3n) is 5.14. The summed E-state index contributed by atoms with van der Waals surface area (Å²) in [6.45, 7) is 4.00. The molecule has 162 valence electrons. The van der Waals surface area contributed by atoms with Crippen LogP contribution in [0.15, 0.2) is 36.5 Å². The second-order valence-electron chi connectivity index (χ2n) is 7.13. The third kappa shape index (κ3) is 7.79. The average Bonchev–Trinajstić information content (AvgIpc) is 3.09. The van der Waals surface area contributed by atoms with E-state index in [0.29, 0.717) is 23.9 Å². The molecule has 1 aromatic heterocycles. The van der Waals surface area contributed by atoms with E-state index in [9.17, 15) is 4.79 Å². The number of nitrogens with one attached hydrogen (secondary N) is 2. The Labute approximate surface area is 190 Å². The number of carbonyl (C=O) groups excluding carboxylic acids is 1. The summed E-state index contributed by atoms with van der Waals surface area (Å²) in [6.07, 6.45) is 5.25. The molecule has 1 fully saturated rings. The highest BCUT2D eigenvalue weighted by atomic mass is 35.5. The van der Waals surface area contributed by atoms with Gasteiger partial charge in [0.1, 0.15) is 5.82 Å². The van der Waals surface area contributed by atoms with Gasteiger partial charge >= 0.3 is 0 Å². The van der Waals surface area contributed by atoms with E-state index in [1.165, 1.54) is 19.3 Å². The third-order valence-corrected chi connectivity index (χ3v) is 5.51. The van der Waals surface area contributed by atoms with Crippen molar-refractivity contribution in [2.75, 3.05) is 38.5 Å². The fourth-order valence-electron chi connectivity index (χ4n) is 3.52. The molecule has 3 rings (SSSR count). The summed E-state index contributed by atoms with van der Waals surface area (Å²) in [5.74, 6) is 1.47. The lowest BCUT2D eigenvalue weighted by molar-refractivity contribution is -0.117. The lowest BCUT2D eigenvalue weighted by Crippen LogP contribution is -2.39. The summed E-state index contributed by atoms with van der Waals surface area (Å²) < 4.78 is 1.77. The number of likely N-dealkylation sites (tertiary alicyclic amines) is 1. The molecular weight excluding hydrogens is 433 g/mol. The molecule has 0 saturated carbocycles. The van der Waals surface area contributed by atoms with Gasteiger partial charge in [0.05, 0.1) is 19.3 Å². The largest absolute Gasteiger partial charge is 0.320 e. The molecule has 0 bridgehead atoms. The van der Waals surface area contributed by atoms with Crippen molar-refractivity contribution in [3.05, 3.63) is 47.1 Å². The van der Waals surface area contributed by atoms with Crippen LogP contribution in [0.5, 0.6) is 0 Å². The van der Waals surface area contributed by atoms with E-state index in [4.69, 9.17) is 11.6 Å². The molecule has 1 aliphatic rings. The van der Waals surface area contributed by atoms with Crippen molar-refractivity contribution >= 4 is 48.1 Å².